The molecule has 0 bridgehead atoms. The molecule has 1 fully saturated rings. The maximum Gasteiger partial charge on any atom is 0.274 e. The summed E-state index contributed by atoms with van der Waals surface area (Å²) in [5, 5.41) is 10.6. The van der Waals surface area contributed by atoms with E-state index in [1.807, 2.05) is 37.4 Å². The van der Waals surface area contributed by atoms with Gasteiger partial charge in [0.15, 0.2) is 0 Å². The Hall–Kier alpha value is -2.34. The summed E-state index contributed by atoms with van der Waals surface area (Å²) in [6.07, 6.45) is 4.32. The molecule has 0 saturated carbocycles. The summed E-state index contributed by atoms with van der Waals surface area (Å²) < 4.78 is 7.41. The van der Waals surface area contributed by atoms with Crippen molar-refractivity contribution in [1.29, 1.82) is 0 Å². The van der Waals surface area contributed by atoms with Crippen LogP contribution < -0.4 is 4.74 Å². The number of imidazole rings is 1. The quantitative estimate of drug-likeness (QED) is 0.928. The normalized spacial score (nSPS) is 17.0. The first kappa shape index (κ1) is 15.6. The van der Waals surface area contributed by atoms with Gasteiger partial charge >= 0.3 is 0 Å². The Morgan fingerprint density at radius 1 is 1.30 bits per heavy atom. The molecule has 1 aromatic carbocycles. The standard InChI is InChI=1S/C17H21N3O3/c1-19-11-15(18-13-19)16(21)20-9-7-17(22,8-10-20)12-23-14-5-3-2-4-6-14/h2-6,11,13,22H,7-10,12H2,1H3. The molecule has 23 heavy (non-hydrogen) atoms. The van der Waals surface area contributed by atoms with Crippen molar-refractivity contribution in [3.8, 4) is 5.75 Å². The van der Waals surface area contributed by atoms with Gasteiger partial charge in [-0.15, -0.1) is 0 Å². The van der Waals surface area contributed by atoms with Crippen molar-refractivity contribution in [2.24, 2.45) is 7.05 Å². The number of piperidine rings is 1. The number of nitrogens with zero attached hydrogens (tertiary/aromatic N) is 3. The van der Waals surface area contributed by atoms with Gasteiger partial charge in [-0.3, -0.25) is 4.79 Å². The van der Waals surface area contributed by atoms with Crippen LogP contribution in [0.5, 0.6) is 5.75 Å². The lowest BCUT2D eigenvalue weighted by Gasteiger charge is -2.37. The van der Waals surface area contributed by atoms with Crippen molar-refractivity contribution in [2.75, 3.05) is 19.7 Å². The third kappa shape index (κ3) is 3.71. The first-order valence-corrected chi connectivity index (χ1v) is 7.73. The third-order valence-corrected chi connectivity index (χ3v) is 4.16. The number of benzene rings is 1. The van der Waals surface area contributed by atoms with Crippen molar-refractivity contribution in [3.63, 3.8) is 0 Å². The largest absolute Gasteiger partial charge is 0.491 e. The van der Waals surface area contributed by atoms with Gasteiger partial charge in [0.05, 0.1) is 6.33 Å². The third-order valence-electron chi connectivity index (χ3n) is 4.16. The van der Waals surface area contributed by atoms with E-state index in [1.54, 1.807) is 22.0 Å². The van der Waals surface area contributed by atoms with Crippen LogP contribution in [0.4, 0.5) is 0 Å². The second-order valence-corrected chi connectivity index (χ2v) is 6.04. The number of ether oxygens (including phenoxy) is 1. The van der Waals surface area contributed by atoms with Crippen LogP contribution in [0.15, 0.2) is 42.9 Å². The minimum absolute atomic E-state index is 0.0865. The highest BCUT2D eigenvalue weighted by Gasteiger charge is 2.35. The fourth-order valence-electron chi connectivity index (χ4n) is 2.69. The second-order valence-electron chi connectivity index (χ2n) is 6.04. The summed E-state index contributed by atoms with van der Waals surface area (Å²) in [4.78, 5) is 18.2. The highest BCUT2D eigenvalue weighted by Crippen LogP contribution is 2.24. The number of aromatic nitrogens is 2. The van der Waals surface area contributed by atoms with Crippen molar-refractivity contribution >= 4 is 5.91 Å². The molecular weight excluding hydrogens is 294 g/mol. The number of hydrogen-bond acceptors (Lipinski definition) is 4. The molecular formula is C17H21N3O3. The molecule has 1 aromatic heterocycles. The second kappa shape index (κ2) is 6.42. The molecule has 0 unspecified atom stereocenters. The summed E-state index contributed by atoms with van der Waals surface area (Å²) in [7, 11) is 1.83. The molecule has 2 aromatic rings. The Morgan fingerprint density at radius 2 is 2.00 bits per heavy atom. The number of carbonyl (C=O) groups excluding carboxylic acids is 1. The lowest BCUT2D eigenvalue weighted by molar-refractivity contribution is -0.0476. The average Bonchev–Trinajstić information content (AvgIpc) is 3.01. The van der Waals surface area contributed by atoms with E-state index < -0.39 is 5.60 Å². The molecule has 1 aliphatic rings. The summed E-state index contributed by atoms with van der Waals surface area (Å²) in [5.74, 6) is 0.657. The van der Waals surface area contributed by atoms with E-state index in [0.29, 0.717) is 31.6 Å². The summed E-state index contributed by atoms with van der Waals surface area (Å²) in [5.41, 5.74) is -0.449. The first-order chi connectivity index (χ1) is 11.1. The van der Waals surface area contributed by atoms with E-state index >= 15 is 0 Å². The Labute approximate surface area is 135 Å². The van der Waals surface area contributed by atoms with Gasteiger partial charge in [-0.25, -0.2) is 4.98 Å². The van der Waals surface area contributed by atoms with Gasteiger partial charge in [0, 0.05) is 26.3 Å². The predicted molar refractivity (Wildman–Crippen MR) is 85.2 cm³/mol. The Balaban J connectivity index is 1.54. The number of rotatable bonds is 4. The Morgan fingerprint density at radius 3 is 2.61 bits per heavy atom. The first-order valence-electron chi connectivity index (χ1n) is 7.73. The van der Waals surface area contributed by atoms with Gasteiger partial charge in [-0.05, 0) is 25.0 Å². The molecule has 1 amide bonds. The Kier molecular flexibility index (Phi) is 4.34. The monoisotopic (exact) mass is 315 g/mol. The van der Waals surface area contributed by atoms with E-state index in [1.165, 1.54) is 0 Å². The molecule has 2 heterocycles. The topological polar surface area (TPSA) is 67.6 Å². The number of likely N-dealkylation sites (tertiary alicyclic amines) is 1. The Bertz CT molecular complexity index is 661. The van der Waals surface area contributed by atoms with Crippen LogP contribution in [0.2, 0.25) is 0 Å². The minimum Gasteiger partial charge on any atom is -0.491 e. The zero-order chi connectivity index (χ0) is 16.3. The van der Waals surface area contributed by atoms with E-state index in [2.05, 4.69) is 4.98 Å². The molecule has 0 aliphatic carbocycles. The van der Waals surface area contributed by atoms with Crippen molar-refractivity contribution in [3.05, 3.63) is 48.5 Å². The molecule has 122 valence electrons. The van der Waals surface area contributed by atoms with Gasteiger partial charge in [-0.1, -0.05) is 18.2 Å². The number of aryl methyl sites for hydroxylation is 1. The zero-order valence-corrected chi connectivity index (χ0v) is 13.2. The van der Waals surface area contributed by atoms with Crippen LogP contribution in [-0.2, 0) is 7.05 Å². The van der Waals surface area contributed by atoms with E-state index in [9.17, 15) is 9.90 Å². The molecule has 3 rings (SSSR count). The molecule has 0 radical (unpaired) electrons. The molecule has 0 spiro atoms. The molecule has 6 heteroatoms. The van der Waals surface area contributed by atoms with Gasteiger partial charge in [0.1, 0.15) is 23.7 Å². The van der Waals surface area contributed by atoms with Crippen LogP contribution in [0.1, 0.15) is 23.3 Å². The van der Waals surface area contributed by atoms with Crippen LogP contribution in [0.25, 0.3) is 0 Å². The van der Waals surface area contributed by atoms with Gasteiger partial charge in [0.2, 0.25) is 0 Å². The lowest BCUT2D eigenvalue weighted by Crippen LogP contribution is -2.49. The smallest absolute Gasteiger partial charge is 0.274 e. The number of amides is 1. The number of carbonyl (C=O) groups is 1. The van der Waals surface area contributed by atoms with Gasteiger partial charge in [0.25, 0.3) is 5.91 Å². The maximum absolute atomic E-state index is 12.3. The summed E-state index contributed by atoms with van der Waals surface area (Å²) >= 11 is 0. The molecule has 1 N–H and O–H groups in total. The van der Waals surface area contributed by atoms with Crippen molar-refractivity contribution < 1.29 is 14.6 Å². The fraction of sp³-hybridized carbons (Fsp3) is 0.412. The molecule has 6 nitrogen and oxygen atoms in total. The number of para-hydroxylation sites is 1. The molecule has 1 aliphatic heterocycles. The van der Waals surface area contributed by atoms with E-state index in [0.717, 1.165) is 5.75 Å². The van der Waals surface area contributed by atoms with Gasteiger partial charge < -0.3 is 19.3 Å². The van der Waals surface area contributed by atoms with E-state index in [-0.39, 0.29) is 12.5 Å². The van der Waals surface area contributed by atoms with Crippen molar-refractivity contribution in [1.82, 2.24) is 14.5 Å². The predicted octanol–water partition coefficient (Wildman–Crippen LogP) is 1.47. The van der Waals surface area contributed by atoms with Crippen LogP contribution in [0.3, 0.4) is 0 Å². The highest BCUT2D eigenvalue weighted by atomic mass is 16.5. The summed E-state index contributed by atoms with van der Waals surface area (Å²) in [6.45, 7) is 1.25. The minimum atomic E-state index is -0.892. The molecule has 1 saturated heterocycles. The SMILES string of the molecule is Cn1cnc(C(=O)N2CCC(O)(COc3ccccc3)CC2)c1. The number of hydrogen-bond donors (Lipinski definition) is 1. The average molecular weight is 315 g/mol. The van der Waals surface area contributed by atoms with Crippen molar-refractivity contribution in [2.45, 2.75) is 18.4 Å². The van der Waals surface area contributed by atoms with Crippen LogP contribution in [-0.4, -0.2) is 50.8 Å². The lowest BCUT2D eigenvalue weighted by atomic mass is 9.92. The summed E-state index contributed by atoms with van der Waals surface area (Å²) in [6, 6.07) is 9.44. The van der Waals surface area contributed by atoms with Crippen LogP contribution in [0, 0.1) is 0 Å². The van der Waals surface area contributed by atoms with Gasteiger partial charge in [-0.2, -0.15) is 0 Å². The van der Waals surface area contributed by atoms with Crippen LogP contribution >= 0.6 is 0 Å². The van der Waals surface area contributed by atoms with E-state index in [4.69, 9.17) is 4.74 Å². The maximum atomic E-state index is 12.3. The molecule has 0 atom stereocenters. The fourth-order valence-corrected chi connectivity index (χ4v) is 2.69. The zero-order valence-electron chi connectivity index (χ0n) is 13.2. The number of aliphatic hydroxyl groups is 1. The highest BCUT2D eigenvalue weighted by molar-refractivity contribution is 5.92.